The van der Waals surface area contributed by atoms with E-state index in [0.717, 1.165) is 6.54 Å². The van der Waals surface area contributed by atoms with Gasteiger partial charge in [0, 0.05) is 37.9 Å². The number of aromatic nitrogens is 2. The SMILES string of the molecule is CNCCOCCOCC(=O)NCCOCCOCC(=O)NCCCC[C@H](NCC(=O)[C@@H]([NH])Cc1cnc[nH]1)C(=O)CN[C@@H](CO)C(N)=O. The zero-order chi connectivity index (χ0) is 36.1. The van der Waals surface area contributed by atoms with Gasteiger partial charge in [-0.3, -0.25) is 29.3 Å². The van der Waals surface area contributed by atoms with Crippen LogP contribution in [0.15, 0.2) is 12.5 Å². The van der Waals surface area contributed by atoms with Crippen molar-refractivity contribution >= 4 is 29.3 Å². The normalized spacial score (nSPS) is 13.0. The molecule has 0 aliphatic rings. The Hall–Kier alpha value is -3.40. The van der Waals surface area contributed by atoms with Gasteiger partial charge in [0.15, 0.2) is 11.6 Å². The Morgan fingerprint density at radius 2 is 1.43 bits per heavy atom. The third-order valence-corrected chi connectivity index (χ3v) is 6.84. The van der Waals surface area contributed by atoms with Crippen molar-refractivity contribution in [1.29, 1.82) is 0 Å². The number of likely N-dealkylation sites (N-methyl/N-ethyl adjacent to an activating group) is 1. The van der Waals surface area contributed by atoms with Gasteiger partial charge in [0.2, 0.25) is 17.7 Å². The fourth-order valence-corrected chi connectivity index (χ4v) is 4.07. The van der Waals surface area contributed by atoms with Crippen LogP contribution in [0.5, 0.6) is 0 Å². The van der Waals surface area contributed by atoms with Gasteiger partial charge in [-0.1, -0.05) is 0 Å². The average molecular weight is 701 g/mol. The lowest BCUT2D eigenvalue weighted by atomic mass is 10.0. The number of primary amides is 1. The number of aliphatic hydroxyl groups is 1. The van der Waals surface area contributed by atoms with Crippen LogP contribution in [0.2, 0.25) is 0 Å². The lowest BCUT2D eigenvalue weighted by Gasteiger charge is -2.20. The highest BCUT2D eigenvalue weighted by Gasteiger charge is 2.23. The van der Waals surface area contributed by atoms with Crippen LogP contribution in [-0.2, 0) is 49.3 Å². The van der Waals surface area contributed by atoms with Crippen LogP contribution in [0, 0.1) is 0 Å². The van der Waals surface area contributed by atoms with E-state index in [2.05, 4.69) is 36.6 Å². The zero-order valence-electron chi connectivity index (χ0n) is 28.3. The zero-order valence-corrected chi connectivity index (χ0v) is 28.3. The van der Waals surface area contributed by atoms with Gasteiger partial charge in [-0.2, -0.15) is 0 Å². The van der Waals surface area contributed by atoms with E-state index < -0.39 is 36.4 Å². The molecule has 1 heterocycles. The number of nitrogens with one attached hydrogen (secondary N) is 7. The molecular weight excluding hydrogens is 646 g/mol. The van der Waals surface area contributed by atoms with E-state index in [9.17, 15) is 29.1 Å². The van der Waals surface area contributed by atoms with Crippen LogP contribution in [0.3, 0.4) is 0 Å². The van der Waals surface area contributed by atoms with Crippen molar-refractivity contribution < 1.29 is 48.0 Å². The number of carbonyl (C=O) groups excluding carboxylic acids is 5. The Kier molecular flexibility index (Phi) is 25.3. The number of Topliss-reactive ketones (excluding diaryl/α,β-unsaturated/α-hetero) is 2. The number of hydrogen-bond donors (Lipinski definition) is 8. The topological polar surface area (TPSA) is 281 Å². The molecule has 1 aromatic heterocycles. The van der Waals surface area contributed by atoms with E-state index in [1.165, 1.54) is 12.5 Å². The Morgan fingerprint density at radius 1 is 0.837 bits per heavy atom. The molecule has 3 amide bonds. The number of amides is 3. The lowest BCUT2D eigenvalue weighted by Crippen LogP contribution is -2.50. The molecule has 0 saturated heterocycles. The molecule has 0 bridgehead atoms. The summed E-state index contributed by atoms with van der Waals surface area (Å²) in [6, 6.07) is -2.92. The van der Waals surface area contributed by atoms with Crippen LogP contribution >= 0.6 is 0 Å². The number of nitrogens with zero attached hydrogens (tertiary/aromatic N) is 1. The summed E-state index contributed by atoms with van der Waals surface area (Å²) < 4.78 is 21.2. The van der Waals surface area contributed by atoms with Gasteiger partial charge in [-0.05, 0) is 26.3 Å². The molecule has 0 spiro atoms. The van der Waals surface area contributed by atoms with Gasteiger partial charge in [0.05, 0.1) is 77.7 Å². The Labute approximate surface area is 286 Å². The summed E-state index contributed by atoms with van der Waals surface area (Å²) in [7, 11) is 1.83. The molecule has 0 aliphatic carbocycles. The van der Waals surface area contributed by atoms with Crippen molar-refractivity contribution in [3.05, 3.63) is 18.2 Å². The average Bonchev–Trinajstić information content (AvgIpc) is 3.59. The molecule has 0 fully saturated rings. The van der Waals surface area contributed by atoms with Crippen LogP contribution in [0.25, 0.3) is 0 Å². The minimum atomic E-state index is -1.09. The molecule has 0 aliphatic heterocycles. The van der Waals surface area contributed by atoms with E-state index in [-0.39, 0.29) is 70.1 Å². The van der Waals surface area contributed by atoms with E-state index in [0.29, 0.717) is 57.9 Å². The van der Waals surface area contributed by atoms with Crippen molar-refractivity contribution in [3.8, 4) is 0 Å². The largest absolute Gasteiger partial charge is 0.394 e. The minimum absolute atomic E-state index is 0.0627. The molecule has 19 nitrogen and oxygen atoms in total. The third-order valence-electron chi connectivity index (χ3n) is 6.84. The highest BCUT2D eigenvalue weighted by Crippen LogP contribution is 2.04. The molecule has 1 rings (SSSR count). The maximum atomic E-state index is 12.9. The predicted molar refractivity (Wildman–Crippen MR) is 176 cm³/mol. The summed E-state index contributed by atoms with van der Waals surface area (Å²) in [5.74, 6) is -2.14. The van der Waals surface area contributed by atoms with Crippen molar-refractivity contribution in [2.24, 2.45) is 5.73 Å². The summed E-state index contributed by atoms with van der Waals surface area (Å²) in [6.07, 6.45) is 4.51. The Bertz CT molecular complexity index is 1060. The molecular formula is C30H54N9O10. The molecule has 19 heteroatoms. The Balaban J connectivity index is 2.22. The number of hydrogen-bond acceptors (Lipinski definition) is 14. The summed E-state index contributed by atoms with van der Waals surface area (Å²) in [6.45, 7) is 2.13. The number of nitrogens with two attached hydrogens (primary N) is 1. The quantitative estimate of drug-likeness (QED) is 0.0323. The van der Waals surface area contributed by atoms with Gasteiger partial charge < -0.3 is 56.0 Å². The number of ether oxygens (including phenoxy) is 4. The van der Waals surface area contributed by atoms with Gasteiger partial charge in [0.25, 0.3) is 0 Å². The van der Waals surface area contributed by atoms with Crippen molar-refractivity contribution in [3.63, 3.8) is 0 Å². The standard InChI is InChI=1S/C30H54N9O10/c1-33-6-8-46-10-12-49-20-29(44)36-7-9-47-11-13-48-19-28(43)35-5-3-2-4-24(27(42)17-38-25(18-40)30(32)45)37-16-26(41)23(31)14-22-15-34-21-39-22/h15,21,23-25,31,33,37-38,40H,2-14,16-20H2,1H3,(H2,32,45)(H,34,39)(H,35,43)(H,36,44)/t23-,24-,25-/m0/s1. The molecule has 279 valence electrons. The number of H-pyrrole nitrogens is 1. The number of imidazole rings is 1. The summed E-state index contributed by atoms with van der Waals surface area (Å²) in [4.78, 5) is 67.3. The molecule has 1 aromatic rings. The highest BCUT2D eigenvalue weighted by atomic mass is 16.5. The molecule has 3 atom stereocenters. The monoisotopic (exact) mass is 700 g/mol. The smallest absolute Gasteiger partial charge is 0.246 e. The fraction of sp³-hybridized carbons (Fsp3) is 0.733. The van der Waals surface area contributed by atoms with E-state index >= 15 is 0 Å². The number of unbranched alkanes of at least 4 members (excludes halogenated alkanes) is 1. The van der Waals surface area contributed by atoms with E-state index in [1.807, 2.05) is 7.05 Å². The highest BCUT2D eigenvalue weighted by molar-refractivity contribution is 5.89. The number of aliphatic hydroxyl groups excluding tert-OH is 1. The number of aromatic amines is 1. The maximum Gasteiger partial charge on any atom is 0.246 e. The number of rotatable bonds is 33. The first kappa shape index (κ1) is 43.6. The molecule has 0 saturated carbocycles. The summed E-state index contributed by atoms with van der Waals surface area (Å²) >= 11 is 0. The van der Waals surface area contributed by atoms with Crippen molar-refractivity contribution in [2.75, 3.05) is 99.2 Å². The predicted octanol–water partition coefficient (Wildman–Crippen LogP) is -4.18. The summed E-state index contributed by atoms with van der Waals surface area (Å²) in [5.41, 5.74) is 14.0. The molecule has 10 N–H and O–H groups in total. The third kappa shape index (κ3) is 22.8. The second-order valence-corrected chi connectivity index (χ2v) is 10.8. The fourth-order valence-electron chi connectivity index (χ4n) is 4.07. The van der Waals surface area contributed by atoms with E-state index in [4.69, 9.17) is 30.4 Å². The van der Waals surface area contributed by atoms with Gasteiger partial charge in [-0.15, -0.1) is 0 Å². The number of carbonyl (C=O) groups is 5. The second kappa shape index (κ2) is 28.4. The first-order chi connectivity index (χ1) is 23.7. The molecule has 0 aromatic carbocycles. The second-order valence-electron chi connectivity index (χ2n) is 10.8. The first-order valence-electron chi connectivity index (χ1n) is 16.3. The van der Waals surface area contributed by atoms with E-state index in [1.54, 1.807) is 0 Å². The molecule has 1 radical (unpaired) electrons. The van der Waals surface area contributed by atoms with Crippen LogP contribution < -0.4 is 38.1 Å². The van der Waals surface area contributed by atoms with Crippen LogP contribution in [0.4, 0.5) is 0 Å². The summed E-state index contributed by atoms with van der Waals surface area (Å²) in [5, 5.41) is 23.2. The molecule has 0 unspecified atom stereocenters. The lowest BCUT2D eigenvalue weighted by molar-refractivity contribution is -0.127. The first-order valence-corrected chi connectivity index (χ1v) is 16.3. The Morgan fingerprint density at radius 3 is 2.02 bits per heavy atom. The van der Waals surface area contributed by atoms with Gasteiger partial charge in [-0.25, -0.2) is 10.7 Å². The molecule has 49 heavy (non-hydrogen) atoms. The minimum Gasteiger partial charge on any atom is -0.394 e. The number of ketones is 2. The maximum absolute atomic E-state index is 12.9. The van der Waals surface area contributed by atoms with Crippen molar-refractivity contribution in [2.45, 2.75) is 43.8 Å². The van der Waals surface area contributed by atoms with Gasteiger partial charge >= 0.3 is 0 Å². The van der Waals surface area contributed by atoms with Gasteiger partial charge in [0.1, 0.15) is 19.3 Å². The van der Waals surface area contributed by atoms with Crippen LogP contribution in [0.1, 0.15) is 25.0 Å². The van der Waals surface area contributed by atoms with Crippen molar-refractivity contribution in [1.82, 2.24) is 42.3 Å². The van der Waals surface area contributed by atoms with Crippen LogP contribution in [-0.4, -0.2) is 162 Å².